The van der Waals surface area contributed by atoms with E-state index in [-0.39, 0.29) is 11.9 Å². The number of fused-ring (bicyclic) bond motifs is 1. The number of halogens is 2. The minimum absolute atomic E-state index is 0.160. The van der Waals surface area contributed by atoms with E-state index < -0.39 is 5.82 Å². The number of rotatable bonds is 5. The SMILES string of the molecule is CC(C)SN1CC[C@H](Nc2nc(-c3c[nH]c4ncc(Cl)cc34)ncc2F)C1. The number of aromatic nitrogens is 4. The maximum atomic E-state index is 14.3. The molecule has 0 unspecified atom stereocenters. The molecule has 4 rings (SSSR count). The maximum absolute atomic E-state index is 14.3. The summed E-state index contributed by atoms with van der Waals surface area (Å²) in [6.07, 6.45) is 5.49. The van der Waals surface area contributed by atoms with Crippen molar-refractivity contribution >= 4 is 40.4 Å². The Morgan fingerprint density at radius 2 is 2.22 bits per heavy atom. The molecule has 1 fully saturated rings. The van der Waals surface area contributed by atoms with Crippen molar-refractivity contribution in [1.29, 1.82) is 0 Å². The highest BCUT2D eigenvalue weighted by Crippen LogP contribution is 2.29. The van der Waals surface area contributed by atoms with Crippen LogP contribution in [0, 0.1) is 5.82 Å². The van der Waals surface area contributed by atoms with Gasteiger partial charge < -0.3 is 10.3 Å². The highest BCUT2D eigenvalue weighted by molar-refractivity contribution is 7.97. The van der Waals surface area contributed by atoms with E-state index in [2.05, 4.69) is 43.4 Å². The second-order valence-corrected chi connectivity index (χ2v) is 8.92. The molecule has 9 heteroatoms. The van der Waals surface area contributed by atoms with Gasteiger partial charge in [-0.15, -0.1) is 0 Å². The number of hydrogen-bond acceptors (Lipinski definition) is 6. The summed E-state index contributed by atoms with van der Waals surface area (Å²) in [7, 11) is 0. The van der Waals surface area contributed by atoms with Crippen molar-refractivity contribution < 1.29 is 4.39 Å². The first-order valence-corrected chi connectivity index (χ1v) is 10.0. The average Bonchev–Trinajstić information content (AvgIpc) is 3.23. The van der Waals surface area contributed by atoms with Gasteiger partial charge in [-0.25, -0.2) is 23.6 Å². The number of nitrogens with one attached hydrogen (secondary N) is 2. The maximum Gasteiger partial charge on any atom is 0.183 e. The zero-order chi connectivity index (χ0) is 19.0. The molecular weight excluding hydrogens is 387 g/mol. The first-order valence-electron chi connectivity index (χ1n) is 8.83. The fraction of sp³-hybridized carbons (Fsp3) is 0.389. The van der Waals surface area contributed by atoms with E-state index in [0.29, 0.717) is 21.7 Å². The Labute approximate surface area is 166 Å². The van der Waals surface area contributed by atoms with Crippen LogP contribution in [0.3, 0.4) is 0 Å². The summed E-state index contributed by atoms with van der Waals surface area (Å²) in [5.41, 5.74) is 1.43. The Bertz CT molecular complexity index is 962. The van der Waals surface area contributed by atoms with Crippen LogP contribution in [-0.2, 0) is 0 Å². The molecule has 0 aromatic carbocycles. The summed E-state index contributed by atoms with van der Waals surface area (Å²) in [6, 6.07) is 1.96. The lowest BCUT2D eigenvalue weighted by Crippen LogP contribution is -2.24. The van der Waals surface area contributed by atoms with Crippen LogP contribution >= 0.6 is 23.5 Å². The van der Waals surface area contributed by atoms with Crippen molar-refractivity contribution in [2.24, 2.45) is 0 Å². The molecule has 1 atom stereocenters. The van der Waals surface area contributed by atoms with Crippen molar-refractivity contribution in [2.45, 2.75) is 31.6 Å². The van der Waals surface area contributed by atoms with Gasteiger partial charge in [-0.1, -0.05) is 37.4 Å². The van der Waals surface area contributed by atoms with Crippen molar-refractivity contribution in [3.63, 3.8) is 0 Å². The fourth-order valence-electron chi connectivity index (χ4n) is 3.19. The molecule has 6 nitrogen and oxygen atoms in total. The molecule has 2 N–H and O–H groups in total. The summed E-state index contributed by atoms with van der Waals surface area (Å²) in [5, 5.41) is 5.11. The molecule has 27 heavy (non-hydrogen) atoms. The predicted molar refractivity (Wildman–Crippen MR) is 108 cm³/mol. The summed E-state index contributed by atoms with van der Waals surface area (Å²) in [4.78, 5) is 15.9. The normalized spacial score (nSPS) is 17.9. The number of aromatic amines is 1. The van der Waals surface area contributed by atoms with Crippen LogP contribution in [0.4, 0.5) is 10.2 Å². The van der Waals surface area contributed by atoms with Crippen molar-refractivity contribution in [1.82, 2.24) is 24.2 Å². The lowest BCUT2D eigenvalue weighted by atomic mass is 10.2. The van der Waals surface area contributed by atoms with Crippen molar-refractivity contribution in [3.8, 4) is 11.4 Å². The minimum Gasteiger partial charge on any atom is -0.363 e. The fourth-order valence-corrected chi connectivity index (χ4v) is 4.43. The Balaban J connectivity index is 1.58. The monoisotopic (exact) mass is 406 g/mol. The Hall–Kier alpha value is -1.90. The topological polar surface area (TPSA) is 69.7 Å². The molecule has 0 saturated carbocycles. The molecule has 142 valence electrons. The van der Waals surface area contributed by atoms with Crippen molar-refractivity contribution in [2.75, 3.05) is 18.4 Å². The molecular formula is C18H20ClFN6S. The number of H-pyrrole nitrogens is 1. The molecule has 0 amide bonds. The van der Waals surface area contributed by atoms with Gasteiger partial charge in [-0.2, -0.15) is 0 Å². The standard InChI is InChI=1S/C18H20ClFN6S/c1-10(2)27-26-4-3-12(9-26)24-18-15(20)8-23-17(25-18)14-7-22-16-13(14)5-11(19)6-21-16/h5-8,10,12H,3-4,9H2,1-2H3,(H,21,22)(H,23,24,25)/t12-/m0/s1. The number of pyridine rings is 1. The molecule has 3 aromatic rings. The molecule has 0 aliphatic carbocycles. The first-order chi connectivity index (χ1) is 13.0. The molecule has 0 bridgehead atoms. The summed E-state index contributed by atoms with van der Waals surface area (Å²) in [6.45, 7) is 6.18. The van der Waals surface area contributed by atoms with Crippen LogP contribution in [0.1, 0.15) is 20.3 Å². The van der Waals surface area contributed by atoms with Gasteiger partial charge in [-0.05, 0) is 12.5 Å². The van der Waals surface area contributed by atoms with Gasteiger partial charge in [-0.3, -0.25) is 0 Å². The average molecular weight is 407 g/mol. The van der Waals surface area contributed by atoms with Crippen molar-refractivity contribution in [3.05, 3.63) is 35.5 Å². The Morgan fingerprint density at radius 1 is 1.37 bits per heavy atom. The van der Waals surface area contributed by atoms with E-state index in [9.17, 15) is 4.39 Å². The van der Waals surface area contributed by atoms with E-state index >= 15 is 0 Å². The Morgan fingerprint density at radius 3 is 3.04 bits per heavy atom. The molecule has 0 radical (unpaired) electrons. The minimum atomic E-state index is -0.454. The predicted octanol–water partition coefficient (Wildman–Crippen LogP) is 4.36. The third-order valence-electron chi connectivity index (χ3n) is 4.33. The summed E-state index contributed by atoms with van der Waals surface area (Å²) in [5.74, 6) is 0.205. The van der Waals surface area contributed by atoms with E-state index in [1.165, 1.54) is 6.20 Å². The zero-order valence-electron chi connectivity index (χ0n) is 15.0. The highest BCUT2D eigenvalue weighted by atomic mass is 35.5. The van der Waals surface area contributed by atoms with Gasteiger partial charge >= 0.3 is 0 Å². The van der Waals surface area contributed by atoms with Crippen LogP contribution in [0.2, 0.25) is 5.02 Å². The molecule has 3 aromatic heterocycles. The lowest BCUT2D eigenvalue weighted by molar-refractivity contribution is 0.572. The molecule has 1 aliphatic heterocycles. The van der Waals surface area contributed by atoms with Crippen LogP contribution < -0.4 is 5.32 Å². The molecule has 0 spiro atoms. The van der Waals surface area contributed by atoms with E-state index in [4.69, 9.17) is 11.6 Å². The van der Waals surface area contributed by atoms with E-state index in [1.807, 2.05) is 11.9 Å². The van der Waals surface area contributed by atoms with Gasteiger partial charge in [0.2, 0.25) is 0 Å². The molecule has 4 heterocycles. The van der Waals surface area contributed by atoms with Gasteiger partial charge in [0.25, 0.3) is 0 Å². The largest absolute Gasteiger partial charge is 0.363 e. The van der Waals surface area contributed by atoms with Crippen LogP contribution in [0.25, 0.3) is 22.4 Å². The van der Waals surface area contributed by atoms with E-state index in [0.717, 1.165) is 30.5 Å². The first kappa shape index (κ1) is 18.5. The second-order valence-electron chi connectivity index (χ2n) is 6.81. The molecule has 1 saturated heterocycles. The Kier molecular flexibility index (Phi) is 5.21. The second kappa shape index (κ2) is 7.61. The molecule has 1 aliphatic rings. The quantitative estimate of drug-likeness (QED) is 0.614. The van der Waals surface area contributed by atoms with Gasteiger partial charge in [0, 0.05) is 47.7 Å². The van der Waals surface area contributed by atoms with Gasteiger partial charge in [0.15, 0.2) is 17.5 Å². The number of hydrogen-bond donors (Lipinski definition) is 2. The van der Waals surface area contributed by atoms with Gasteiger partial charge in [0.1, 0.15) is 5.65 Å². The lowest BCUT2D eigenvalue weighted by Gasteiger charge is -2.18. The highest BCUT2D eigenvalue weighted by Gasteiger charge is 2.25. The number of anilines is 1. The van der Waals surface area contributed by atoms with Crippen LogP contribution in [0.5, 0.6) is 0 Å². The summed E-state index contributed by atoms with van der Waals surface area (Å²) >= 11 is 7.89. The number of nitrogens with zero attached hydrogens (tertiary/aromatic N) is 4. The van der Waals surface area contributed by atoms with E-state index in [1.54, 1.807) is 18.5 Å². The third kappa shape index (κ3) is 4.02. The summed E-state index contributed by atoms with van der Waals surface area (Å²) < 4.78 is 16.6. The van der Waals surface area contributed by atoms with Gasteiger partial charge in [0.05, 0.1) is 11.2 Å². The van der Waals surface area contributed by atoms with Crippen LogP contribution in [0.15, 0.2) is 24.7 Å². The smallest absolute Gasteiger partial charge is 0.183 e. The third-order valence-corrected chi connectivity index (χ3v) is 5.59. The zero-order valence-corrected chi connectivity index (χ0v) is 16.6. The van der Waals surface area contributed by atoms with Crippen LogP contribution in [-0.4, -0.2) is 48.6 Å².